The van der Waals surface area contributed by atoms with E-state index >= 15 is 0 Å². The normalized spacial score (nSPS) is 17.0. The quantitative estimate of drug-likeness (QED) is 0.743. The Morgan fingerprint density at radius 3 is 2.89 bits per heavy atom. The number of hydrogen-bond acceptors (Lipinski definition) is 6. The van der Waals surface area contributed by atoms with Gasteiger partial charge in [0, 0.05) is 32.3 Å². The molecule has 27 heavy (non-hydrogen) atoms. The minimum Gasteiger partial charge on any atom is -0.471 e. The second-order valence-electron chi connectivity index (χ2n) is 6.56. The fourth-order valence-electron chi connectivity index (χ4n) is 3.45. The number of aryl methyl sites for hydroxylation is 2. The summed E-state index contributed by atoms with van der Waals surface area (Å²) in [6.07, 6.45) is 2.69. The van der Waals surface area contributed by atoms with Crippen molar-refractivity contribution in [3.8, 4) is 17.3 Å². The molecule has 4 heterocycles. The number of rotatable bonds is 4. The van der Waals surface area contributed by atoms with Crippen molar-refractivity contribution >= 4 is 17.3 Å². The molecule has 4 rings (SSSR count). The zero-order chi connectivity index (χ0) is 19.1. The zero-order valence-corrected chi connectivity index (χ0v) is 15.5. The van der Waals surface area contributed by atoms with Crippen LogP contribution in [-0.2, 0) is 13.6 Å². The summed E-state index contributed by atoms with van der Waals surface area (Å²) in [5.74, 6) is 1.12. The summed E-state index contributed by atoms with van der Waals surface area (Å²) in [5, 5.41) is 13.5. The molecule has 10 nitrogen and oxygen atoms in total. The van der Waals surface area contributed by atoms with E-state index in [0.29, 0.717) is 36.6 Å². The Bertz CT molecular complexity index is 1010. The highest BCUT2D eigenvalue weighted by Crippen LogP contribution is 2.29. The minimum absolute atomic E-state index is 0.241. The summed E-state index contributed by atoms with van der Waals surface area (Å²) in [4.78, 5) is 25.7. The van der Waals surface area contributed by atoms with Crippen LogP contribution in [0.3, 0.4) is 0 Å². The highest BCUT2D eigenvalue weighted by Gasteiger charge is 2.29. The summed E-state index contributed by atoms with van der Waals surface area (Å²) in [6.45, 7) is 5.61. The molecule has 1 aliphatic rings. The van der Waals surface area contributed by atoms with Crippen molar-refractivity contribution in [2.24, 2.45) is 7.05 Å². The summed E-state index contributed by atoms with van der Waals surface area (Å²) in [6, 6.07) is 0. The third kappa shape index (κ3) is 2.86. The monoisotopic (exact) mass is 371 g/mol. The second kappa shape index (κ2) is 6.53. The lowest BCUT2D eigenvalue weighted by Crippen LogP contribution is -2.29. The molecule has 1 unspecified atom stereocenters. The maximum Gasteiger partial charge on any atom is 0.407 e. The van der Waals surface area contributed by atoms with Crippen LogP contribution in [0.2, 0.25) is 0 Å². The van der Waals surface area contributed by atoms with Crippen molar-refractivity contribution in [2.45, 2.75) is 32.9 Å². The molecule has 1 fully saturated rings. The number of amides is 1. The lowest BCUT2D eigenvalue weighted by molar-refractivity contribution is 0.145. The summed E-state index contributed by atoms with van der Waals surface area (Å²) in [7, 11) is 1.89. The molecule has 0 saturated carbocycles. The average Bonchev–Trinajstić information content (AvgIpc) is 3.34. The van der Waals surface area contributed by atoms with Crippen LogP contribution in [-0.4, -0.2) is 64.6 Å². The third-order valence-electron chi connectivity index (χ3n) is 4.96. The molecule has 0 radical (unpaired) electrons. The lowest BCUT2D eigenvalue weighted by atomic mass is 10.2. The smallest absolute Gasteiger partial charge is 0.407 e. The van der Waals surface area contributed by atoms with Crippen molar-refractivity contribution in [1.29, 1.82) is 0 Å². The lowest BCUT2D eigenvalue weighted by Gasteiger charge is -2.13. The van der Waals surface area contributed by atoms with E-state index in [1.807, 2.05) is 30.1 Å². The Morgan fingerprint density at radius 1 is 1.41 bits per heavy atom. The maximum absolute atomic E-state index is 11.1. The van der Waals surface area contributed by atoms with Gasteiger partial charge in [-0.05, 0) is 13.8 Å². The number of fused-ring (bicyclic) bond motifs is 1. The first-order valence-corrected chi connectivity index (χ1v) is 8.84. The number of aromatic nitrogens is 6. The molecule has 10 heteroatoms. The first-order valence-electron chi connectivity index (χ1n) is 8.84. The standard InChI is InChI=1S/C17H21N7O3/c1-4-24-10(2)12(7-20-24)14-21-13-15(22(14)3)18-9-19-16(13)27-11-5-6-23(8-11)17(25)26/h7,9,11H,4-6,8H2,1-3H3,(H,25,26). The van der Waals surface area contributed by atoms with E-state index in [1.54, 1.807) is 6.20 Å². The van der Waals surface area contributed by atoms with Crippen LogP contribution in [0.5, 0.6) is 5.88 Å². The molecule has 3 aromatic rings. The first kappa shape index (κ1) is 17.3. The van der Waals surface area contributed by atoms with Gasteiger partial charge in [-0.1, -0.05) is 0 Å². The van der Waals surface area contributed by atoms with Gasteiger partial charge in [-0.25, -0.2) is 14.8 Å². The molecule has 0 aromatic carbocycles. The molecule has 142 valence electrons. The van der Waals surface area contributed by atoms with Crippen LogP contribution in [0.1, 0.15) is 19.0 Å². The Hall–Kier alpha value is -3.17. The van der Waals surface area contributed by atoms with Crippen molar-refractivity contribution in [3.05, 3.63) is 18.2 Å². The van der Waals surface area contributed by atoms with Gasteiger partial charge in [-0.3, -0.25) is 4.68 Å². The molecule has 0 bridgehead atoms. The number of likely N-dealkylation sites (tertiary alicyclic amines) is 1. The van der Waals surface area contributed by atoms with E-state index in [2.05, 4.69) is 15.1 Å². The molecule has 1 saturated heterocycles. The van der Waals surface area contributed by atoms with E-state index in [1.165, 1.54) is 11.2 Å². The topological polar surface area (TPSA) is 111 Å². The predicted molar refractivity (Wildman–Crippen MR) is 96.6 cm³/mol. The van der Waals surface area contributed by atoms with Crippen LogP contribution in [0, 0.1) is 6.92 Å². The van der Waals surface area contributed by atoms with Crippen molar-refractivity contribution in [1.82, 2.24) is 34.2 Å². The third-order valence-corrected chi connectivity index (χ3v) is 4.96. The van der Waals surface area contributed by atoms with Gasteiger partial charge in [-0.2, -0.15) is 10.1 Å². The number of carboxylic acid groups (broad SMARTS) is 1. The van der Waals surface area contributed by atoms with Gasteiger partial charge in [0.2, 0.25) is 5.88 Å². The van der Waals surface area contributed by atoms with E-state index < -0.39 is 6.09 Å². The SMILES string of the molecule is CCn1ncc(-c2nc3c(OC4CCN(C(=O)O)C4)ncnc3n2C)c1C. The Kier molecular flexibility index (Phi) is 4.17. The second-order valence-corrected chi connectivity index (χ2v) is 6.56. The summed E-state index contributed by atoms with van der Waals surface area (Å²) in [5.41, 5.74) is 3.18. The van der Waals surface area contributed by atoms with Crippen molar-refractivity contribution in [2.75, 3.05) is 13.1 Å². The van der Waals surface area contributed by atoms with E-state index in [0.717, 1.165) is 23.6 Å². The molecule has 1 aliphatic heterocycles. The van der Waals surface area contributed by atoms with Gasteiger partial charge < -0.3 is 19.3 Å². The molecular formula is C17H21N7O3. The van der Waals surface area contributed by atoms with Gasteiger partial charge >= 0.3 is 6.09 Å². The largest absolute Gasteiger partial charge is 0.471 e. The van der Waals surface area contributed by atoms with Crippen LogP contribution in [0.15, 0.2) is 12.5 Å². The number of ether oxygens (including phenoxy) is 1. The number of hydrogen-bond donors (Lipinski definition) is 1. The van der Waals surface area contributed by atoms with Crippen molar-refractivity contribution < 1.29 is 14.6 Å². The number of carbonyl (C=O) groups is 1. The van der Waals surface area contributed by atoms with Gasteiger partial charge in [0.25, 0.3) is 0 Å². The fraction of sp³-hybridized carbons (Fsp3) is 0.471. The number of imidazole rings is 1. The average molecular weight is 371 g/mol. The van der Waals surface area contributed by atoms with E-state index in [-0.39, 0.29) is 6.10 Å². The highest BCUT2D eigenvalue weighted by molar-refractivity contribution is 5.81. The molecule has 0 aliphatic carbocycles. The van der Waals surface area contributed by atoms with Gasteiger partial charge in [-0.15, -0.1) is 0 Å². The Balaban J connectivity index is 1.70. The maximum atomic E-state index is 11.1. The van der Waals surface area contributed by atoms with Crippen LogP contribution in [0.4, 0.5) is 4.79 Å². The van der Waals surface area contributed by atoms with Crippen molar-refractivity contribution in [3.63, 3.8) is 0 Å². The predicted octanol–water partition coefficient (Wildman–Crippen LogP) is 1.69. The van der Waals surface area contributed by atoms with Crippen LogP contribution >= 0.6 is 0 Å². The zero-order valence-electron chi connectivity index (χ0n) is 15.5. The first-order chi connectivity index (χ1) is 13.0. The molecule has 1 atom stereocenters. The molecular weight excluding hydrogens is 350 g/mol. The summed E-state index contributed by atoms with van der Waals surface area (Å²) < 4.78 is 9.79. The fourth-order valence-corrected chi connectivity index (χ4v) is 3.45. The minimum atomic E-state index is -0.933. The van der Waals surface area contributed by atoms with Gasteiger partial charge in [0.15, 0.2) is 11.2 Å². The van der Waals surface area contributed by atoms with Gasteiger partial charge in [0.1, 0.15) is 18.3 Å². The molecule has 0 spiro atoms. The Labute approximate surface area is 155 Å². The Morgan fingerprint density at radius 2 is 2.22 bits per heavy atom. The van der Waals surface area contributed by atoms with Crippen LogP contribution < -0.4 is 4.74 Å². The van der Waals surface area contributed by atoms with Gasteiger partial charge in [0.05, 0.1) is 18.3 Å². The number of nitrogens with zero attached hydrogens (tertiary/aromatic N) is 7. The molecule has 1 N–H and O–H groups in total. The summed E-state index contributed by atoms with van der Waals surface area (Å²) >= 11 is 0. The van der Waals surface area contributed by atoms with Crippen LogP contribution in [0.25, 0.3) is 22.6 Å². The molecule has 3 aromatic heterocycles. The van der Waals surface area contributed by atoms with E-state index in [4.69, 9.17) is 14.8 Å². The van der Waals surface area contributed by atoms with E-state index in [9.17, 15) is 4.79 Å². The highest BCUT2D eigenvalue weighted by atomic mass is 16.5. The molecule has 1 amide bonds.